The van der Waals surface area contributed by atoms with Crippen molar-refractivity contribution in [2.24, 2.45) is 4.99 Å². The third kappa shape index (κ3) is 5.59. The highest BCUT2D eigenvalue weighted by Gasteiger charge is 2.37. The molecular weight excluding hydrogens is 537 g/mol. The van der Waals surface area contributed by atoms with Crippen molar-refractivity contribution in [3.63, 3.8) is 0 Å². The van der Waals surface area contributed by atoms with Crippen LogP contribution < -0.4 is 5.32 Å². The van der Waals surface area contributed by atoms with Crippen LogP contribution in [0.1, 0.15) is 54.3 Å². The SMILES string of the molecule is CC(C)(C)OC(=O)N1CCN2C(NCCCCN3C(=O)c4ccccc4C3=O)=NCC2C1.I. The first-order valence-corrected chi connectivity index (χ1v) is 11.2. The lowest BCUT2D eigenvalue weighted by Crippen LogP contribution is -2.57. The van der Waals surface area contributed by atoms with E-state index < -0.39 is 5.60 Å². The molecule has 3 aliphatic rings. The second kappa shape index (κ2) is 10.3. The van der Waals surface area contributed by atoms with E-state index >= 15 is 0 Å². The first kappa shape index (κ1) is 25.3. The van der Waals surface area contributed by atoms with Crippen molar-refractivity contribution >= 4 is 47.8 Å². The predicted octanol–water partition coefficient (Wildman–Crippen LogP) is 2.56. The van der Waals surface area contributed by atoms with E-state index in [0.29, 0.717) is 50.4 Å². The van der Waals surface area contributed by atoms with Crippen molar-refractivity contribution in [1.29, 1.82) is 0 Å². The molecule has 1 aromatic rings. The van der Waals surface area contributed by atoms with Crippen LogP contribution in [0.3, 0.4) is 0 Å². The molecule has 10 heteroatoms. The molecule has 0 bridgehead atoms. The quantitative estimate of drug-likeness (QED) is 0.333. The van der Waals surface area contributed by atoms with E-state index in [-0.39, 0.29) is 47.9 Å². The second-order valence-corrected chi connectivity index (χ2v) is 9.38. The van der Waals surface area contributed by atoms with Crippen molar-refractivity contribution in [2.45, 2.75) is 45.3 Å². The summed E-state index contributed by atoms with van der Waals surface area (Å²) >= 11 is 0. The van der Waals surface area contributed by atoms with Crippen LogP contribution in [0, 0.1) is 0 Å². The number of imide groups is 1. The van der Waals surface area contributed by atoms with Crippen molar-refractivity contribution in [3.8, 4) is 0 Å². The van der Waals surface area contributed by atoms with Crippen molar-refractivity contribution in [3.05, 3.63) is 35.4 Å². The van der Waals surface area contributed by atoms with Gasteiger partial charge < -0.3 is 19.9 Å². The molecule has 1 N–H and O–H groups in total. The molecule has 33 heavy (non-hydrogen) atoms. The molecule has 9 nitrogen and oxygen atoms in total. The first-order chi connectivity index (χ1) is 15.2. The minimum Gasteiger partial charge on any atom is -0.444 e. The lowest BCUT2D eigenvalue weighted by atomic mass is 10.1. The Labute approximate surface area is 211 Å². The predicted molar refractivity (Wildman–Crippen MR) is 135 cm³/mol. The van der Waals surface area contributed by atoms with Gasteiger partial charge in [0.2, 0.25) is 0 Å². The number of rotatable bonds is 5. The fourth-order valence-electron chi connectivity index (χ4n) is 4.26. The Bertz CT molecular complexity index is 910. The Kier molecular flexibility index (Phi) is 7.86. The molecule has 3 aliphatic heterocycles. The van der Waals surface area contributed by atoms with Gasteiger partial charge in [-0.1, -0.05) is 12.1 Å². The Morgan fingerprint density at radius 2 is 1.79 bits per heavy atom. The lowest BCUT2D eigenvalue weighted by Gasteiger charge is -2.39. The van der Waals surface area contributed by atoms with Crippen molar-refractivity contribution in [2.75, 3.05) is 39.3 Å². The molecule has 3 heterocycles. The first-order valence-electron chi connectivity index (χ1n) is 11.2. The van der Waals surface area contributed by atoms with Gasteiger partial charge in [-0.15, -0.1) is 24.0 Å². The summed E-state index contributed by atoms with van der Waals surface area (Å²) in [5, 5.41) is 3.38. The van der Waals surface area contributed by atoms with E-state index in [1.54, 1.807) is 29.2 Å². The Balaban J connectivity index is 0.00000306. The summed E-state index contributed by atoms with van der Waals surface area (Å²) in [5.74, 6) is 0.452. The number of amides is 3. The number of carbonyl (C=O) groups is 3. The third-order valence-electron chi connectivity index (χ3n) is 5.83. The molecule has 0 aliphatic carbocycles. The number of nitrogens with one attached hydrogen (secondary N) is 1. The average molecular weight is 569 g/mol. The van der Waals surface area contributed by atoms with Gasteiger partial charge >= 0.3 is 6.09 Å². The maximum absolute atomic E-state index is 12.4. The summed E-state index contributed by atoms with van der Waals surface area (Å²) < 4.78 is 5.49. The highest BCUT2D eigenvalue weighted by molar-refractivity contribution is 14.0. The van der Waals surface area contributed by atoms with Crippen LogP contribution in [-0.4, -0.2) is 89.5 Å². The van der Waals surface area contributed by atoms with E-state index in [9.17, 15) is 14.4 Å². The maximum Gasteiger partial charge on any atom is 0.410 e. The standard InChI is InChI=1S/C23H31N5O4.HI/c1-23(2,3)32-22(31)26-12-13-27-16(15-26)14-25-21(27)24-10-6-7-11-28-19(29)17-8-4-5-9-18(17)20(28)30;/h4-5,8-9,16H,6-7,10-15H2,1-3H3,(H,24,25);1H. The van der Waals surface area contributed by atoms with Gasteiger partial charge in [0.15, 0.2) is 5.96 Å². The van der Waals surface area contributed by atoms with Gasteiger partial charge in [-0.05, 0) is 45.7 Å². The van der Waals surface area contributed by atoms with E-state index in [4.69, 9.17) is 4.74 Å². The van der Waals surface area contributed by atoms with Gasteiger partial charge in [0.1, 0.15) is 5.60 Å². The van der Waals surface area contributed by atoms with Gasteiger partial charge in [0.05, 0.1) is 23.7 Å². The number of hydrogen-bond donors (Lipinski definition) is 1. The molecule has 1 saturated heterocycles. The molecule has 1 aromatic carbocycles. The van der Waals surface area contributed by atoms with Crippen LogP contribution in [0.4, 0.5) is 4.79 Å². The molecule has 0 spiro atoms. The number of guanidine groups is 1. The number of hydrogen-bond acceptors (Lipinski definition) is 7. The Hall–Kier alpha value is -2.37. The summed E-state index contributed by atoms with van der Waals surface area (Å²) in [6.07, 6.45) is 1.27. The topological polar surface area (TPSA) is 94.5 Å². The normalized spacial score (nSPS) is 19.7. The molecule has 1 unspecified atom stereocenters. The average Bonchev–Trinajstić information content (AvgIpc) is 3.26. The number of nitrogens with zero attached hydrogens (tertiary/aromatic N) is 4. The summed E-state index contributed by atoms with van der Waals surface area (Å²) in [5.41, 5.74) is 0.486. The summed E-state index contributed by atoms with van der Waals surface area (Å²) in [6.45, 7) is 9.30. The van der Waals surface area contributed by atoms with E-state index in [2.05, 4.69) is 15.2 Å². The van der Waals surface area contributed by atoms with E-state index in [1.165, 1.54) is 4.90 Å². The van der Waals surface area contributed by atoms with Crippen LogP contribution in [0.5, 0.6) is 0 Å². The van der Waals surface area contributed by atoms with Gasteiger partial charge in [-0.25, -0.2) is 4.79 Å². The van der Waals surface area contributed by atoms with Crippen LogP contribution in [-0.2, 0) is 4.74 Å². The zero-order valence-corrected chi connectivity index (χ0v) is 21.7. The fourth-order valence-corrected chi connectivity index (χ4v) is 4.26. The number of unbranched alkanes of at least 4 members (excludes halogenated alkanes) is 1. The molecular formula is C23H32IN5O4. The lowest BCUT2D eigenvalue weighted by molar-refractivity contribution is 0.0137. The number of ether oxygens (including phenoxy) is 1. The number of halogens is 1. The number of piperazine rings is 1. The molecule has 0 saturated carbocycles. The third-order valence-corrected chi connectivity index (χ3v) is 5.83. The molecule has 1 fully saturated rings. The van der Waals surface area contributed by atoms with Crippen LogP contribution in [0.2, 0.25) is 0 Å². The van der Waals surface area contributed by atoms with Crippen LogP contribution in [0.15, 0.2) is 29.3 Å². The number of benzene rings is 1. The Morgan fingerprint density at radius 1 is 1.12 bits per heavy atom. The largest absolute Gasteiger partial charge is 0.444 e. The van der Waals surface area contributed by atoms with E-state index in [0.717, 1.165) is 18.8 Å². The highest BCUT2D eigenvalue weighted by Crippen LogP contribution is 2.23. The molecule has 4 rings (SSSR count). The monoisotopic (exact) mass is 569 g/mol. The summed E-state index contributed by atoms with van der Waals surface area (Å²) in [6, 6.07) is 7.13. The van der Waals surface area contributed by atoms with Gasteiger partial charge in [0, 0.05) is 32.7 Å². The molecule has 0 aromatic heterocycles. The van der Waals surface area contributed by atoms with Gasteiger partial charge in [-0.3, -0.25) is 19.5 Å². The van der Waals surface area contributed by atoms with Crippen molar-refractivity contribution < 1.29 is 19.1 Å². The van der Waals surface area contributed by atoms with E-state index in [1.807, 2.05) is 20.8 Å². The highest BCUT2D eigenvalue weighted by atomic mass is 127. The Morgan fingerprint density at radius 3 is 2.42 bits per heavy atom. The molecule has 0 radical (unpaired) electrons. The summed E-state index contributed by atoms with van der Waals surface area (Å²) in [4.78, 5) is 47.1. The molecule has 180 valence electrons. The van der Waals surface area contributed by atoms with Gasteiger partial charge in [-0.2, -0.15) is 0 Å². The second-order valence-electron chi connectivity index (χ2n) is 9.38. The zero-order valence-electron chi connectivity index (χ0n) is 19.4. The zero-order chi connectivity index (χ0) is 22.9. The molecule has 3 amide bonds. The summed E-state index contributed by atoms with van der Waals surface area (Å²) in [7, 11) is 0. The smallest absolute Gasteiger partial charge is 0.410 e. The number of fused-ring (bicyclic) bond motifs is 2. The maximum atomic E-state index is 12.4. The minimum atomic E-state index is -0.500. The fraction of sp³-hybridized carbons (Fsp3) is 0.565. The van der Waals surface area contributed by atoms with Crippen molar-refractivity contribution in [1.82, 2.24) is 20.0 Å². The van der Waals surface area contributed by atoms with Crippen LogP contribution >= 0.6 is 24.0 Å². The van der Waals surface area contributed by atoms with Crippen LogP contribution in [0.25, 0.3) is 0 Å². The molecule has 1 atom stereocenters. The van der Waals surface area contributed by atoms with Gasteiger partial charge in [0.25, 0.3) is 11.8 Å². The minimum absolute atomic E-state index is 0. The number of aliphatic imine (C=N–C) groups is 1. The number of carbonyl (C=O) groups excluding carboxylic acids is 3.